The van der Waals surface area contributed by atoms with Crippen molar-refractivity contribution in [2.45, 2.75) is 43.7 Å². The summed E-state index contributed by atoms with van der Waals surface area (Å²) in [6.45, 7) is 4.22. The van der Waals surface area contributed by atoms with Gasteiger partial charge in [0.2, 0.25) is 0 Å². The standard InChI is InChI=1S/C11H19N3O3S/c1-8(2)11-12-6-10(13-11)18(16,17)14-5-3-4-9(14)7-15/h6,8-9,15H,3-5,7H2,1-2H3,(H,12,13)/t9-/m1/s1. The van der Waals surface area contributed by atoms with Gasteiger partial charge in [0.25, 0.3) is 10.0 Å². The second-order valence-corrected chi connectivity index (χ2v) is 6.74. The van der Waals surface area contributed by atoms with Gasteiger partial charge >= 0.3 is 0 Å². The molecule has 1 atom stereocenters. The van der Waals surface area contributed by atoms with Gasteiger partial charge in [-0.15, -0.1) is 0 Å². The summed E-state index contributed by atoms with van der Waals surface area (Å²) in [4.78, 5) is 6.93. The molecule has 1 fully saturated rings. The minimum Gasteiger partial charge on any atom is -0.395 e. The lowest BCUT2D eigenvalue weighted by Crippen LogP contribution is -2.37. The SMILES string of the molecule is CC(C)c1ncc(S(=O)(=O)N2CCC[C@@H]2CO)[nH]1. The number of hydrogen-bond acceptors (Lipinski definition) is 4. The van der Waals surface area contributed by atoms with Crippen LogP contribution in [-0.4, -0.2) is 47.0 Å². The maximum atomic E-state index is 12.4. The van der Waals surface area contributed by atoms with Gasteiger partial charge in [0.1, 0.15) is 5.82 Å². The second-order valence-electron chi connectivity index (χ2n) is 4.88. The Kier molecular flexibility index (Phi) is 3.74. The van der Waals surface area contributed by atoms with Crippen molar-refractivity contribution in [3.05, 3.63) is 12.0 Å². The molecule has 1 saturated heterocycles. The van der Waals surface area contributed by atoms with Gasteiger partial charge < -0.3 is 10.1 Å². The molecule has 2 heterocycles. The summed E-state index contributed by atoms with van der Waals surface area (Å²) >= 11 is 0. The summed E-state index contributed by atoms with van der Waals surface area (Å²) in [6, 6.07) is -0.305. The molecule has 18 heavy (non-hydrogen) atoms. The highest BCUT2D eigenvalue weighted by Crippen LogP contribution is 2.25. The van der Waals surface area contributed by atoms with Gasteiger partial charge in [0, 0.05) is 18.5 Å². The van der Waals surface area contributed by atoms with Gasteiger partial charge in [-0.1, -0.05) is 13.8 Å². The number of aliphatic hydroxyl groups is 1. The zero-order chi connectivity index (χ0) is 13.3. The summed E-state index contributed by atoms with van der Waals surface area (Å²) in [6.07, 6.45) is 2.86. The lowest BCUT2D eigenvalue weighted by atomic mass is 10.2. The smallest absolute Gasteiger partial charge is 0.260 e. The van der Waals surface area contributed by atoms with Crippen molar-refractivity contribution in [2.75, 3.05) is 13.2 Å². The summed E-state index contributed by atoms with van der Waals surface area (Å²) in [7, 11) is -3.56. The maximum absolute atomic E-state index is 12.4. The van der Waals surface area contributed by atoms with Gasteiger partial charge in [-0.2, -0.15) is 4.31 Å². The molecule has 0 bridgehead atoms. The molecule has 0 spiro atoms. The topological polar surface area (TPSA) is 86.3 Å². The van der Waals surface area contributed by atoms with Crippen LogP contribution < -0.4 is 0 Å². The normalized spacial score (nSPS) is 21.9. The fourth-order valence-corrected chi connectivity index (χ4v) is 3.78. The molecule has 0 amide bonds. The van der Waals surface area contributed by atoms with Gasteiger partial charge in [-0.3, -0.25) is 0 Å². The minimum atomic E-state index is -3.56. The molecule has 0 unspecified atom stereocenters. The summed E-state index contributed by atoms with van der Waals surface area (Å²) in [5.41, 5.74) is 0. The number of aliphatic hydroxyl groups excluding tert-OH is 1. The van der Waals surface area contributed by atoms with E-state index in [1.54, 1.807) is 0 Å². The molecular weight excluding hydrogens is 254 g/mol. The first-order valence-electron chi connectivity index (χ1n) is 6.14. The van der Waals surface area contributed by atoms with E-state index in [1.165, 1.54) is 10.5 Å². The second kappa shape index (κ2) is 4.99. The van der Waals surface area contributed by atoms with Crippen LogP contribution in [0.15, 0.2) is 11.2 Å². The molecule has 1 aliphatic heterocycles. The van der Waals surface area contributed by atoms with E-state index in [-0.39, 0.29) is 23.6 Å². The van der Waals surface area contributed by atoms with Crippen molar-refractivity contribution in [1.82, 2.24) is 14.3 Å². The third-order valence-corrected chi connectivity index (χ3v) is 5.10. The highest BCUT2D eigenvalue weighted by molar-refractivity contribution is 7.89. The van der Waals surface area contributed by atoms with Gasteiger partial charge in [0.05, 0.1) is 12.8 Å². The van der Waals surface area contributed by atoms with Gasteiger partial charge in [-0.05, 0) is 12.8 Å². The number of nitrogens with zero attached hydrogens (tertiary/aromatic N) is 2. The van der Waals surface area contributed by atoms with Crippen LogP contribution in [0, 0.1) is 0 Å². The molecule has 2 rings (SSSR count). The molecule has 0 aliphatic carbocycles. The number of aromatic amines is 1. The quantitative estimate of drug-likeness (QED) is 0.844. The lowest BCUT2D eigenvalue weighted by Gasteiger charge is -2.21. The lowest BCUT2D eigenvalue weighted by molar-refractivity contribution is 0.213. The summed E-state index contributed by atoms with van der Waals surface area (Å²) < 4.78 is 26.1. The predicted molar refractivity (Wildman–Crippen MR) is 66.7 cm³/mol. The van der Waals surface area contributed by atoms with Crippen molar-refractivity contribution in [2.24, 2.45) is 0 Å². The largest absolute Gasteiger partial charge is 0.395 e. The van der Waals surface area contributed by atoms with E-state index in [0.29, 0.717) is 18.8 Å². The van der Waals surface area contributed by atoms with E-state index in [9.17, 15) is 13.5 Å². The monoisotopic (exact) mass is 273 g/mol. The van der Waals surface area contributed by atoms with E-state index in [1.807, 2.05) is 13.8 Å². The van der Waals surface area contributed by atoms with Crippen LogP contribution in [0.25, 0.3) is 0 Å². The zero-order valence-electron chi connectivity index (χ0n) is 10.6. The Bertz CT molecular complexity index is 509. The van der Waals surface area contributed by atoms with Crippen molar-refractivity contribution < 1.29 is 13.5 Å². The Morgan fingerprint density at radius 1 is 1.61 bits per heavy atom. The Labute approximate surface area is 107 Å². The number of sulfonamides is 1. The molecule has 1 aliphatic rings. The molecule has 7 heteroatoms. The molecule has 102 valence electrons. The summed E-state index contributed by atoms with van der Waals surface area (Å²) in [5.74, 6) is 0.814. The third-order valence-electron chi connectivity index (χ3n) is 3.24. The first-order valence-corrected chi connectivity index (χ1v) is 7.58. The van der Waals surface area contributed by atoms with Crippen LogP contribution in [0.5, 0.6) is 0 Å². The number of hydrogen-bond donors (Lipinski definition) is 2. The van der Waals surface area contributed by atoms with Crippen molar-refractivity contribution >= 4 is 10.0 Å². The molecule has 2 N–H and O–H groups in total. The van der Waals surface area contributed by atoms with Crippen LogP contribution in [0.2, 0.25) is 0 Å². The van der Waals surface area contributed by atoms with Crippen LogP contribution >= 0.6 is 0 Å². The van der Waals surface area contributed by atoms with E-state index < -0.39 is 10.0 Å². The fourth-order valence-electron chi connectivity index (χ4n) is 2.18. The van der Waals surface area contributed by atoms with E-state index in [0.717, 1.165) is 6.42 Å². The molecule has 0 aromatic carbocycles. The van der Waals surface area contributed by atoms with Crippen LogP contribution in [0.3, 0.4) is 0 Å². The Hall–Kier alpha value is -0.920. The summed E-state index contributed by atoms with van der Waals surface area (Å²) in [5, 5.41) is 9.33. The first kappa shape index (κ1) is 13.5. The van der Waals surface area contributed by atoms with E-state index >= 15 is 0 Å². The number of aromatic nitrogens is 2. The van der Waals surface area contributed by atoms with E-state index in [4.69, 9.17) is 0 Å². The Balaban J connectivity index is 2.29. The molecule has 1 aromatic rings. The van der Waals surface area contributed by atoms with Crippen LogP contribution in [-0.2, 0) is 10.0 Å². The van der Waals surface area contributed by atoms with Crippen LogP contribution in [0.1, 0.15) is 38.4 Å². The number of rotatable bonds is 4. The average molecular weight is 273 g/mol. The molecule has 0 radical (unpaired) electrons. The van der Waals surface area contributed by atoms with E-state index in [2.05, 4.69) is 9.97 Å². The minimum absolute atomic E-state index is 0.117. The zero-order valence-corrected chi connectivity index (χ0v) is 11.4. The predicted octanol–water partition coefficient (Wildman–Crippen LogP) is 0.678. The number of nitrogens with one attached hydrogen (secondary N) is 1. The van der Waals surface area contributed by atoms with Crippen molar-refractivity contribution in [1.29, 1.82) is 0 Å². The molecule has 0 saturated carbocycles. The van der Waals surface area contributed by atoms with Crippen molar-refractivity contribution in [3.8, 4) is 0 Å². The van der Waals surface area contributed by atoms with Crippen molar-refractivity contribution in [3.63, 3.8) is 0 Å². The first-order chi connectivity index (χ1) is 8.46. The molecule has 1 aromatic heterocycles. The van der Waals surface area contributed by atoms with Gasteiger partial charge in [-0.25, -0.2) is 13.4 Å². The van der Waals surface area contributed by atoms with Gasteiger partial charge in [0.15, 0.2) is 5.03 Å². The Morgan fingerprint density at radius 3 is 2.89 bits per heavy atom. The number of H-pyrrole nitrogens is 1. The third kappa shape index (κ3) is 2.30. The highest BCUT2D eigenvalue weighted by atomic mass is 32.2. The van der Waals surface area contributed by atoms with Crippen LogP contribution in [0.4, 0.5) is 0 Å². The molecular formula is C11H19N3O3S. The fraction of sp³-hybridized carbons (Fsp3) is 0.727. The average Bonchev–Trinajstić information content (AvgIpc) is 2.98. The maximum Gasteiger partial charge on any atom is 0.260 e. The number of imidazole rings is 1. The highest BCUT2D eigenvalue weighted by Gasteiger charge is 2.35. The molecule has 6 nitrogen and oxygen atoms in total. The Morgan fingerprint density at radius 2 is 2.33 bits per heavy atom.